The second-order valence-electron chi connectivity index (χ2n) is 5.53. The minimum Gasteiger partial charge on any atom is -0.354 e. The highest BCUT2D eigenvalue weighted by atomic mass is 14.7. The molecule has 4 aromatic rings. The van der Waals surface area contributed by atoms with E-state index in [-0.39, 0.29) is 0 Å². The zero-order valence-corrected chi connectivity index (χ0v) is 11.8. The first kappa shape index (κ1) is 11.5. The van der Waals surface area contributed by atoms with Crippen molar-refractivity contribution in [2.45, 2.75) is 20.3 Å². The first-order valence-electron chi connectivity index (χ1n) is 7.20. The van der Waals surface area contributed by atoms with Gasteiger partial charge in [0, 0.05) is 21.7 Å². The summed E-state index contributed by atoms with van der Waals surface area (Å²) >= 11 is 0. The highest BCUT2D eigenvalue weighted by Crippen LogP contribution is 2.34. The number of hydrogen-bond acceptors (Lipinski definition) is 0. The Balaban J connectivity index is 2.29. The summed E-state index contributed by atoms with van der Waals surface area (Å²) in [4.78, 5) is 3.59. The van der Waals surface area contributed by atoms with Crippen LogP contribution in [0.3, 0.4) is 0 Å². The minimum absolute atomic E-state index is 1.06. The maximum Gasteiger partial charge on any atom is 0.0544 e. The van der Waals surface area contributed by atoms with Crippen LogP contribution in [-0.2, 0) is 6.42 Å². The SMILES string of the molecule is CCc1cc2c3ccccc3[nH]c2c2ccc(C)cc12. The number of hydrogen-bond donors (Lipinski definition) is 1. The third-order valence-electron chi connectivity index (χ3n) is 4.24. The molecule has 0 amide bonds. The number of fused-ring (bicyclic) bond motifs is 5. The molecule has 1 N–H and O–H groups in total. The number of aromatic nitrogens is 1. The smallest absolute Gasteiger partial charge is 0.0544 e. The van der Waals surface area contributed by atoms with E-state index in [0.717, 1.165) is 6.42 Å². The van der Waals surface area contributed by atoms with Crippen LogP contribution in [0.2, 0.25) is 0 Å². The van der Waals surface area contributed by atoms with Gasteiger partial charge in [0.15, 0.2) is 0 Å². The van der Waals surface area contributed by atoms with Crippen molar-refractivity contribution < 1.29 is 0 Å². The lowest BCUT2D eigenvalue weighted by molar-refractivity contribution is 1.16. The van der Waals surface area contributed by atoms with Gasteiger partial charge < -0.3 is 4.98 Å². The Hall–Kier alpha value is -2.28. The molecule has 20 heavy (non-hydrogen) atoms. The standard InChI is InChI=1S/C19H17N/c1-3-13-11-17-14-6-4-5-7-18(14)20-19(17)15-9-8-12(2)10-16(13)15/h4-11,20H,3H2,1-2H3. The Labute approximate surface area is 118 Å². The van der Waals surface area contributed by atoms with E-state index in [2.05, 4.69) is 67.4 Å². The molecule has 0 saturated heterocycles. The minimum atomic E-state index is 1.06. The Morgan fingerprint density at radius 3 is 2.55 bits per heavy atom. The fourth-order valence-corrected chi connectivity index (χ4v) is 3.21. The molecule has 0 spiro atoms. The molecule has 0 aliphatic heterocycles. The first-order chi connectivity index (χ1) is 9.78. The van der Waals surface area contributed by atoms with Crippen LogP contribution in [0.5, 0.6) is 0 Å². The van der Waals surface area contributed by atoms with Crippen LogP contribution in [0, 0.1) is 6.92 Å². The van der Waals surface area contributed by atoms with E-state index in [1.54, 1.807) is 0 Å². The van der Waals surface area contributed by atoms with Gasteiger partial charge in [0.25, 0.3) is 0 Å². The zero-order valence-electron chi connectivity index (χ0n) is 11.8. The van der Waals surface area contributed by atoms with Crippen molar-refractivity contribution >= 4 is 32.6 Å². The van der Waals surface area contributed by atoms with Crippen molar-refractivity contribution in [2.75, 3.05) is 0 Å². The number of aromatic amines is 1. The first-order valence-corrected chi connectivity index (χ1v) is 7.20. The molecular formula is C19H17N. The summed E-state index contributed by atoms with van der Waals surface area (Å²) in [7, 11) is 0. The molecule has 1 heterocycles. The topological polar surface area (TPSA) is 15.8 Å². The van der Waals surface area contributed by atoms with Crippen LogP contribution in [0.4, 0.5) is 0 Å². The van der Waals surface area contributed by atoms with Gasteiger partial charge in [-0.1, -0.05) is 48.9 Å². The molecule has 1 nitrogen and oxygen atoms in total. The molecule has 0 fully saturated rings. The Morgan fingerprint density at radius 1 is 0.850 bits per heavy atom. The van der Waals surface area contributed by atoms with Crippen LogP contribution in [0.15, 0.2) is 48.5 Å². The van der Waals surface area contributed by atoms with Crippen molar-refractivity contribution in [1.82, 2.24) is 4.98 Å². The van der Waals surface area contributed by atoms with Gasteiger partial charge >= 0.3 is 0 Å². The van der Waals surface area contributed by atoms with Gasteiger partial charge in [-0.2, -0.15) is 0 Å². The van der Waals surface area contributed by atoms with Gasteiger partial charge in [0.1, 0.15) is 0 Å². The lowest BCUT2D eigenvalue weighted by Gasteiger charge is -2.07. The lowest BCUT2D eigenvalue weighted by Crippen LogP contribution is -1.86. The van der Waals surface area contributed by atoms with E-state index in [4.69, 9.17) is 0 Å². The van der Waals surface area contributed by atoms with E-state index in [0.29, 0.717) is 0 Å². The summed E-state index contributed by atoms with van der Waals surface area (Å²) in [5, 5.41) is 5.38. The zero-order chi connectivity index (χ0) is 13.7. The number of nitrogens with one attached hydrogen (secondary N) is 1. The summed E-state index contributed by atoms with van der Waals surface area (Å²) < 4.78 is 0. The molecule has 3 aromatic carbocycles. The Bertz CT molecular complexity index is 944. The second-order valence-corrected chi connectivity index (χ2v) is 5.53. The molecule has 1 aromatic heterocycles. The highest BCUT2D eigenvalue weighted by Gasteiger charge is 2.10. The van der Waals surface area contributed by atoms with Gasteiger partial charge in [-0.15, -0.1) is 0 Å². The Kier molecular flexibility index (Phi) is 2.37. The predicted molar refractivity (Wildman–Crippen MR) is 87.4 cm³/mol. The molecule has 98 valence electrons. The third-order valence-corrected chi connectivity index (χ3v) is 4.24. The fourth-order valence-electron chi connectivity index (χ4n) is 3.21. The summed E-state index contributed by atoms with van der Waals surface area (Å²) in [5.74, 6) is 0. The summed E-state index contributed by atoms with van der Waals surface area (Å²) in [6.45, 7) is 4.39. The monoisotopic (exact) mass is 259 g/mol. The number of para-hydroxylation sites is 1. The molecule has 1 heteroatoms. The molecule has 0 aliphatic rings. The molecule has 0 radical (unpaired) electrons. The van der Waals surface area contributed by atoms with Crippen LogP contribution in [-0.4, -0.2) is 4.98 Å². The van der Waals surface area contributed by atoms with Gasteiger partial charge in [0.05, 0.1) is 5.52 Å². The summed E-state index contributed by atoms with van der Waals surface area (Å²) in [6, 6.07) is 17.7. The van der Waals surface area contributed by atoms with Crippen molar-refractivity contribution in [2.24, 2.45) is 0 Å². The largest absolute Gasteiger partial charge is 0.354 e. The molecule has 0 saturated carbocycles. The molecule has 0 unspecified atom stereocenters. The van der Waals surface area contributed by atoms with Crippen LogP contribution < -0.4 is 0 Å². The fraction of sp³-hybridized carbons (Fsp3) is 0.158. The van der Waals surface area contributed by atoms with Crippen LogP contribution in [0.25, 0.3) is 32.6 Å². The van der Waals surface area contributed by atoms with E-state index < -0.39 is 0 Å². The number of aryl methyl sites for hydroxylation is 2. The molecule has 0 aliphatic carbocycles. The maximum atomic E-state index is 3.59. The van der Waals surface area contributed by atoms with Crippen LogP contribution in [0.1, 0.15) is 18.1 Å². The van der Waals surface area contributed by atoms with Gasteiger partial charge in [-0.25, -0.2) is 0 Å². The van der Waals surface area contributed by atoms with Crippen molar-refractivity contribution in [3.63, 3.8) is 0 Å². The number of benzene rings is 3. The molecule has 4 rings (SSSR count). The maximum absolute atomic E-state index is 3.59. The van der Waals surface area contributed by atoms with Crippen molar-refractivity contribution in [1.29, 1.82) is 0 Å². The Morgan fingerprint density at radius 2 is 1.70 bits per heavy atom. The van der Waals surface area contributed by atoms with E-state index in [1.165, 1.54) is 43.7 Å². The summed E-state index contributed by atoms with van der Waals surface area (Å²) in [5.41, 5.74) is 5.24. The average Bonchev–Trinajstić information content (AvgIpc) is 2.84. The van der Waals surface area contributed by atoms with Crippen LogP contribution >= 0.6 is 0 Å². The molecular weight excluding hydrogens is 242 g/mol. The molecule has 0 atom stereocenters. The second kappa shape index (κ2) is 4.11. The summed E-state index contributed by atoms with van der Waals surface area (Å²) in [6.07, 6.45) is 1.06. The third kappa shape index (κ3) is 1.50. The van der Waals surface area contributed by atoms with Gasteiger partial charge in [0.2, 0.25) is 0 Å². The van der Waals surface area contributed by atoms with Crippen molar-refractivity contribution in [3.8, 4) is 0 Å². The quantitative estimate of drug-likeness (QED) is 0.474. The highest BCUT2D eigenvalue weighted by molar-refractivity contribution is 6.17. The number of H-pyrrole nitrogens is 1. The number of rotatable bonds is 1. The predicted octanol–water partition coefficient (Wildman–Crippen LogP) is 5.35. The molecule has 0 bridgehead atoms. The van der Waals surface area contributed by atoms with E-state index in [1.807, 2.05) is 0 Å². The normalized spacial score (nSPS) is 11.7. The average molecular weight is 259 g/mol. The lowest BCUT2D eigenvalue weighted by atomic mass is 9.97. The van der Waals surface area contributed by atoms with Gasteiger partial charge in [-0.3, -0.25) is 0 Å². The van der Waals surface area contributed by atoms with E-state index >= 15 is 0 Å². The van der Waals surface area contributed by atoms with Crippen molar-refractivity contribution in [3.05, 3.63) is 59.7 Å². The van der Waals surface area contributed by atoms with E-state index in [9.17, 15) is 0 Å². The van der Waals surface area contributed by atoms with Gasteiger partial charge in [-0.05, 0) is 36.4 Å².